The fraction of sp³-hybridized carbons (Fsp3) is 0.462. The van der Waals surface area contributed by atoms with E-state index in [0.29, 0.717) is 24.7 Å². The first kappa shape index (κ1) is 14.3. The summed E-state index contributed by atoms with van der Waals surface area (Å²) in [5.41, 5.74) is 6.40. The molecule has 0 aliphatic carbocycles. The van der Waals surface area contributed by atoms with Crippen molar-refractivity contribution in [2.75, 3.05) is 13.7 Å². The standard InChI is InChI=1S/C13H20N2O3/c1-4-18-11-6-5-10(7-12(11)17-3)8-15-13(16)9(2)14/h5-7,9H,4,8,14H2,1-3H3,(H,15,16)/t9-/m1/s1. The van der Waals surface area contributed by atoms with Gasteiger partial charge in [-0.1, -0.05) is 6.07 Å². The Morgan fingerprint density at radius 3 is 2.72 bits per heavy atom. The lowest BCUT2D eigenvalue weighted by atomic mass is 10.2. The topological polar surface area (TPSA) is 73.6 Å². The maximum atomic E-state index is 11.3. The van der Waals surface area contributed by atoms with Gasteiger partial charge in [0.2, 0.25) is 5.91 Å². The van der Waals surface area contributed by atoms with Gasteiger partial charge < -0.3 is 20.5 Å². The number of carbonyl (C=O) groups excluding carboxylic acids is 1. The summed E-state index contributed by atoms with van der Waals surface area (Å²) in [5.74, 6) is 1.18. The van der Waals surface area contributed by atoms with Crippen molar-refractivity contribution in [3.05, 3.63) is 23.8 Å². The van der Waals surface area contributed by atoms with Crippen molar-refractivity contribution in [2.24, 2.45) is 5.73 Å². The average molecular weight is 252 g/mol. The molecule has 0 aliphatic rings. The summed E-state index contributed by atoms with van der Waals surface area (Å²) in [5, 5.41) is 2.74. The number of amides is 1. The van der Waals surface area contributed by atoms with Gasteiger partial charge in [0, 0.05) is 6.54 Å². The van der Waals surface area contributed by atoms with E-state index in [1.54, 1.807) is 14.0 Å². The second-order valence-corrected chi connectivity index (χ2v) is 3.92. The molecule has 18 heavy (non-hydrogen) atoms. The first-order valence-electron chi connectivity index (χ1n) is 5.91. The molecular formula is C13H20N2O3. The van der Waals surface area contributed by atoms with Gasteiger partial charge in [-0.05, 0) is 31.5 Å². The highest BCUT2D eigenvalue weighted by Crippen LogP contribution is 2.27. The van der Waals surface area contributed by atoms with Crippen LogP contribution in [0.3, 0.4) is 0 Å². The van der Waals surface area contributed by atoms with Crippen molar-refractivity contribution in [3.63, 3.8) is 0 Å². The van der Waals surface area contributed by atoms with Crippen LogP contribution in [-0.2, 0) is 11.3 Å². The molecule has 5 nitrogen and oxygen atoms in total. The van der Waals surface area contributed by atoms with Crippen molar-refractivity contribution in [2.45, 2.75) is 26.4 Å². The molecule has 0 radical (unpaired) electrons. The van der Waals surface area contributed by atoms with Gasteiger partial charge in [-0.25, -0.2) is 0 Å². The number of nitrogens with one attached hydrogen (secondary N) is 1. The fourth-order valence-electron chi connectivity index (χ4n) is 1.45. The summed E-state index contributed by atoms with van der Waals surface area (Å²) in [4.78, 5) is 11.3. The fourth-order valence-corrected chi connectivity index (χ4v) is 1.45. The average Bonchev–Trinajstić information content (AvgIpc) is 2.37. The van der Waals surface area contributed by atoms with Crippen LogP contribution < -0.4 is 20.5 Å². The zero-order valence-corrected chi connectivity index (χ0v) is 11.0. The van der Waals surface area contributed by atoms with Crippen molar-refractivity contribution in [1.82, 2.24) is 5.32 Å². The van der Waals surface area contributed by atoms with Gasteiger partial charge in [0.25, 0.3) is 0 Å². The third kappa shape index (κ3) is 3.92. The lowest BCUT2D eigenvalue weighted by Gasteiger charge is -2.12. The van der Waals surface area contributed by atoms with Crippen LogP contribution in [0.4, 0.5) is 0 Å². The van der Waals surface area contributed by atoms with Crippen molar-refractivity contribution in [3.8, 4) is 11.5 Å². The summed E-state index contributed by atoms with van der Waals surface area (Å²) in [7, 11) is 1.59. The summed E-state index contributed by atoms with van der Waals surface area (Å²) in [6.45, 7) is 4.56. The molecule has 100 valence electrons. The largest absolute Gasteiger partial charge is 0.493 e. The van der Waals surface area contributed by atoms with Crippen LogP contribution in [0.5, 0.6) is 11.5 Å². The maximum Gasteiger partial charge on any atom is 0.236 e. The molecule has 0 heterocycles. The van der Waals surface area contributed by atoms with Crippen LogP contribution in [0, 0.1) is 0 Å². The minimum Gasteiger partial charge on any atom is -0.493 e. The van der Waals surface area contributed by atoms with Crippen LogP contribution in [0.15, 0.2) is 18.2 Å². The van der Waals surface area contributed by atoms with Gasteiger partial charge in [0.1, 0.15) is 0 Å². The Morgan fingerprint density at radius 2 is 2.17 bits per heavy atom. The molecule has 1 amide bonds. The Morgan fingerprint density at radius 1 is 1.44 bits per heavy atom. The number of ether oxygens (including phenoxy) is 2. The number of benzene rings is 1. The summed E-state index contributed by atoms with van der Waals surface area (Å²) >= 11 is 0. The number of methoxy groups -OCH3 is 1. The lowest BCUT2D eigenvalue weighted by Crippen LogP contribution is -2.37. The monoisotopic (exact) mass is 252 g/mol. The third-order valence-corrected chi connectivity index (χ3v) is 2.41. The molecular weight excluding hydrogens is 232 g/mol. The lowest BCUT2D eigenvalue weighted by molar-refractivity contribution is -0.122. The zero-order chi connectivity index (χ0) is 13.5. The van der Waals surface area contributed by atoms with Crippen molar-refractivity contribution in [1.29, 1.82) is 0 Å². The third-order valence-electron chi connectivity index (χ3n) is 2.41. The molecule has 0 aromatic heterocycles. The number of carbonyl (C=O) groups is 1. The molecule has 5 heteroatoms. The van der Waals surface area contributed by atoms with Crippen molar-refractivity contribution < 1.29 is 14.3 Å². The van der Waals surface area contributed by atoms with E-state index in [2.05, 4.69) is 5.32 Å². The highest BCUT2D eigenvalue weighted by molar-refractivity contribution is 5.80. The maximum absolute atomic E-state index is 11.3. The summed E-state index contributed by atoms with van der Waals surface area (Å²) in [6.07, 6.45) is 0. The predicted octanol–water partition coefficient (Wildman–Crippen LogP) is 1.06. The molecule has 1 atom stereocenters. The smallest absolute Gasteiger partial charge is 0.236 e. The second kappa shape index (κ2) is 6.86. The van der Waals surface area contributed by atoms with Crippen LogP contribution in [-0.4, -0.2) is 25.7 Å². The normalized spacial score (nSPS) is 11.8. The summed E-state index contributed by atoms with van der Waals surface area (Å²) < 4.78 is 10.6. The number of nitrogens with two attached hydrogens (primary N) is 1. The predicted molar refractivity (Wildman–Crippen MR) is 69.7 cm³/mol. The molecule has 0 aliphatic heterocycles. The quantitative estimate of drug-likeness (QED) is 0.794. The molecule has 1 aromatic carbocycles. The molecule has 0 bridgehead atoms. The van der Waals surface area contributed by atoms with Gasteiger partial charge in [-0.3, -0.25) is 4.79 Å². The molecule has 0 spiro atoms. The summed E-state index contributed by atoms with van der Waals surface area (Å²) in [6, 6.07) is 5.05. The minimum absolute atomic E-state index is 0.178. The van der Waals surface area contributed by atoms with Crippen LogP contribution in [0.1, 0.15) is 19.4 Å². The second-order valence-electron chi connectivity index (χ2n) is 3.92. The molecule has 3 N–H and O–H groups in total. The number of hydrogen-bond acceptors (Lipinski definition) is 4. The van der Waals surface area contributed by atoms with E-state index in [4.69, 9.17) is 15.2 Å². The van der Waals surface area contributed by atoms with E-state index in [0.717, 1.165) is 5.56 Å². The molecule has 1 rings (SSSR count). The van der Waals surface area contributed by atoms with E-state index < -0.39 is 6.04 Å². The zero-order valence-electron chi connectivity index (χ0n) is 11.0. The van der Waals surface area contributed by atoms with Crippen LogP contribution in [0.2, 0.25) is 0 Å². The Kier molecular flexibility index (Phi) is 5.45. The minimum atomic E-state index is -0.505. The van der Waals surface area contributed by atoms with Gasteiger partial charge >= 0.3 is 0 Å². The highest BCUT2D eigenvalue weighted by Gasteiger charge is 2.08. The van der Waals surface area contributed by atoms with Crippen molar-refractivity contribution >= 4 is 5.91 Å². The van der Waals surface area contributed by atoms with Crippen LogP contribution >= 0.6 is 0 Å². The Hall–Kier alpha value is -1.75. The van der Waals surface area contributed by atoms with E-state index in [1.807, 2.05) is 25.1 Å². The first-order chi connectivity index (χ1) is 8.58. The van der Waals surface area contributed by atoms with Gasteiger partial charge in [-0.15, -0.1) is 0 Å². The molecule has 1 aromatic rings. The molecule has 0 fully saturated rings. The van der Waals surface area contributed by atoms with Crippen LogP contribution in [0.25, 0.3) is 0 Å². The molecule has 0 saturated carbocycles. The molecule has 0 saturated heterocycles. The van der Waals surface area contributed by atoms with E-state index in [-0.39, 0.29) is 5.91 Å². The Balaban J connectivity index is 2.70. The van der Waals surface area contributed by atoms with E-state index in [9.17, 15) is 4.79 Å². The highest BCUT2D eigenvalue weighted by atomic mass is 16.5. The van der Waals surface area contributed by atoms with Gasteiger partial charge in [-0.2, -0.15) is 0 Å². The van der Waals surface area contributed by atoms with Gasteiger partial charge in [0.05, 0.1) is 19.8 Å². The Bertz CT molecular complexity index is 405. The van der Waals surface area contributed by atoms with E-state index in [1.165, 1.54) is 0 Å². The Labute approximate surface area is 107 Å². The van der Waals surface area contributed by atoms with Gasteiger partial charge in [0.15, 0.2) is 11.5 Å². The first-order valence-corrected chi connectivity index (χ1v) is 5.91. The molecule has 0 unspecified atom stereocenters. The SMILES string of the molecule is CCOc1ccc(CNC(=O)[C@@H](C)N)cc1OC. The number of rotatable bonds is 6. The number of hydrogen-bond donors (Lipinski definition) is 2. The van der Waals surface area contributed by atoms with E-state index >= 15 is 0 Å².